The normalized spacial score (nSPS) is 13.9. The van der Waals surface area contributed by atoms with E-state index in [1.54, 1.807) is 10.8 Å². The molecule has 0 bridgehead atoms. The van der Waals surface area contributed by atoms with Crippen LogP contribution in [0.25, 0.3) is 0 Å². The molecule has 1 N–H and O–H groups in total. The highest BCUT2D eigenvalue weighted by molar-refractivity contribution is 5.81. The number of fused-ring (bicyclic) bond motifs is 1. The molecule has 0 saturated carbocycles. The Morgan fingerprint density at radius 3 is 2.72 bits per heavy atom. The van der Waals surface area contributed by atoms with Crippen LogP contribution in [0.15, 0.2) is 65.6 Å². The first-order valence-corrected chi connectivity index (χ1v) is 12.8. The largest absolute Gasteiger partial charge is 0.493 e. The number of pyridine rings is 1. The van der Waals surface area contributed by atoms with Gasteiger partial charge in [-0.3, -0.25) is 9.59 Å². The lowest BCUT2D eigenvalue weighted by Crippen LogP contribution is -2.40. The topological polar surface area (TPSA) is 77.4 Å². The minimum Gasteiger partial charge on any atom is -0.493 e. The number of carbonyl (C=O) groups excluding carboxylic acids is 2. The molecule has 0 spiro atoms. The standard InChI is InChI=1S/C30H34N2O4/c1-3-4-10-27(32-20-21(2)17-25(30(32)35)18-22-8-6-5-7-9-22)29(34)31-26(13-15-33)23-11-12-28-24(19-23)14-16-36-28/h5-9,11-12,15,17,19-20,26-27H,3-4,10,13-14,16,18H2,1-2H3,(H,31,34). The van der Waals surface area contributed by atoms with E-state index < -0.39 is 12.1 Å². The fourth-order valence-corrected chi connectivity index (χ4v) is 4.85. The highest BCUT2D eigenvalue weighted by Crippen LogP contribution is 2.29. The summed E-state index contributed by atoms with van der Waals surface area (Å²) in [4.78, 5) is 38.7. The van der Waals surface area contributed by atoms with Crippen LogP contribution in [-0.2, 0) is 22.4 Å². The van der Waals surface area contributed by atoms with Gasteiger partial charge in [0.05, 0.1) is 12.6 Å². The van der Waals surface area contributed by atoms with Crippen LogP contribution < -0.4 is 15.6 Å². The van der Waals surface area contributed by atoms with Crippen LogP contribution in [0.4, 0.5) is 0 Å². The molecule has 2 aromatic carbocycles. The Labute approximate surface area is 212 Å². The highest BCUT2D eigenvalue weighted by Gasteiger charge is 2.26. The second kappa shape index (κ2) is 11.8. The van der Waals surface area contributed by atoms with Crippen molar-refractivity contribution in [1.29, 1.82) is 0 Å². The molecule has 3 aromatic rings. The summed E-state index contributed by atoms with van der Waals surface area (Å²) < 4.78 is 7.19. The van der Waals surface area contributed by atoms with Crippen LogP contribution in [0.3, 0.4) is 0 Å². The summed E-state index contributed by atoms with van der Waals surface area (Å²) in [6.07, 6.45) is 6.34. The van der Waals surface area contributed by atoms with Gasteiger partial charge in [0.15, 0.2) is 0 Å². The number of unbranched alkanes of at least 4 members (excludes halogenated alkanes) is 1. The Hall–Kier alpha value is -3.67. The van der Waals surface area contributed by atoms with Crippen LogP contribution in [-0.4, -0.2) is 23.4 Å². The second-order valence-electron chi connectivity index (χ2n) is 9.50. The highest BCUT2D eigenvalue weighted by atomic mass is 16.5. The average molecular weight is 487 g/mol. The summed E-state index contributed by atoms with van der Waals surface area (Å²) in [7, 11) is 0. The van der Waals surface area contributed by atoms with Gasteiger partial charge in [-0.1, -0.05) is 56.2 Å². The molecule has 2 atom stereocenters. The molecule has 0 saturated heterocycles. The molecule has 2 heterocycles. The fraction of sp³-hybridized carbons (Fsp3) is 0.367. The summed E-state index contributed by atoms with van der Waals surface area (Å²) in [5, 5.41) is 3.08. The van der Waals surface area contributed by atoms with E-state index in [0.717, 1.165) is 53.6 Å². The number of rotatable bonds is 11. The Morgan fingerprint density at radius 2 is 1.97 bits per heavy atom. The molecule has 0 radical (unpaired) electrons. The SMILES string of the molecule is CCCCC(C(=O)NC(CC=O)c1ccc2c(c1)CCO2)n1cc(C)cc(Cc2ccccc2)c1=O. The predicted octanol–water partition coefficient (Wildman–Crippen LogP) is 4.86. The van der Waals surface area contributed by atoms with E-state index >= 15 is 0 Å². The number of aromatic nitrogens is 1. The molecule has 1 aliphatic heterocycles. The van der Waals surface area contributed by atoms with E-state index in [1.165, 1.54) is 0 Å². The molecule has 1 aromatic heterocycles. The van der Waals surface area contributed by atoms with Crippen molar-refractivity contribution >= 4 is 12.2 Å². The number of aldehydes is 1. The first kappa shape index (κ1) is 25.4. The number of carbonyl (C=O) groups is 2. The first-order chi connectivity index (χ1) is 17.5. The molecule has 1 aliphatic rings. The quantitative estimate of drug-likeness (QED) is 0.393. The van der Waals surface area contributed by atoms with Gasteiger partial charge in [0.25, 0.3) is 5.56 Å². The zero-order valence-electron chi connectivity index (χ0n) is 21.0. The Kier molecular flexibility index (Phi) is 8.36. The van der Waals surface area contributed by atoms with Crippen LogP contribution in [0.5, 0.6) is 5.75 Å². The van der Waals surface area contributed by atoms with Crippen molar-refractivity contribution in [1.82, 2.24) is 9.88 Å². The number of amides is 1. The molecular weight excluding hydrogens is 452 g/mol. The van der Waals surface area contributed by atoms with Gasteiger partial charge >= 0.3 is 0 Å². The Bertz CT molecular complexity index is 1270. The summed E-state index contributed by atoms with van der Waals surface area (Å²) >= 11 is 0. The van der Waals surface area contributed by atoms with Crippen molar-refractivity contribution in [3.63, 3.8) is 0 Å². The van der Waals surface area contributed by atoms with Gasteiger partial charge in [-0.25, -0.2) is 0 Å². The molecule has 1 amide bonds. The Balaban J connectivity index is 1.63. The lowest BCUT2D eigenvalue weighted by molar-refractivity contribution is -0.125. The third kappa shape index (κ3) is 5.93. The lowest BCUT2D eigenvalue weighted by atomic mass is 9.99. The van der Waals surface area contributed by atoms with Crippen LogP contribution in [0.2, 0.25) is 0 Å². The molecule has 4 rings (SSSR count). The molecule has 2 unspecified atom stereocenters. The van der Waals surface area contributed by atoms with Crippen LogP contribution >= 0.6 is 0 Å². The van der Waals surface area contributed by atoms with Gasteiger partial charge in [0.2, 0.25) is 5.91 Å². The molecule has 0 fully saturated rings. The third-order valence-corrected chi connectivity index (χ3v) is 6.73. The van der Waals surface area contributed by atoms with Crippen molar-refractivity contribution in [2.75, 3.05) is 6.61 Å². The number of benzene rings is 2. The number of ether oxygens (including phenoxy) is 1. The maximum atomic E-state index is 13.7. The van der Waals surface area contributed by atoms with Gasteiger partial charge in [0.1, 0.15) is 18.1 Å². The summed E-state index contributed by atoms with van der Waals surface area (Å²) in [5.74, 6) is 0.610. The van der Waals surface area contributed by atoms with Crippen molar-refractivity contribution in [3.05, 3.63) is 99.0 Å². The second-order valence-corrected chi connectivity index (χ2v) is 9.50. The van der Waals surface area contributed by atoms with Gasteiger partial charge in [-0.2, -0.15) is 0 Å². The average Bonchev–Trinajstić information content (AvgIpc) is 3.35. The van der Waals surface area contributed by atoms with Crippen molar-refractivity contribution < 1.29 is 14.3 Å². The van der Waals surface area contributed by atoms with Gasteiger partial charge in [-0.05, 0) is 53.8 Å². The number of hydrogen-bond acceptors (Lipinski definition) is 4. The molecule has 36 heavy (non-hydrogen) atoms. The summed E-state index contributed by atoms with van der Waals surface area (Å²) in [6.45, 7) is 4.65. The monoisotopic (exact) mass is 486 g/mol. The van der Waals surface area contributed by atoms with E-state index in [9.17, 15) is 14.4 Å². The summed E-state index contributed by atoms with van der Waals surface area (Å²) in [6, 6.07) is 16.5. The summed E-state index contributed by atoms with van der Waals surface area (Å²) in [5.41, 5.74) is 4.45. The fourth-order valence-electron chi connectivity index (χ4n) is 4.85. The smallest absolute Gasteiger partial charge is 0.254 e. The zero-order valence-corrected chi connectivity index (χ0v) is 21.0. The molecule has 0 aliphatic carbocycles. The molecule has 6 heteroatoms. The third-order valence-electron chi connectivity index (χ3n) is 6.73. The van der Waals surface area contributed by atoms with E-state index in [4.69, 9.17) is 4.74 Å². The molecule has 188 valence electrons. The van der Waals surface area contributed by atoms with Crippen molar-refractivity contribution in [3.8, 4) is 5.75 Å². The van der Waals surface area contributed by atoms with Crippen LogP contribution in [0.1, 0.15) is 72.5 Å². The van der Waals surface area contributed by atoms with E-state index in [1.807, 2.05) is 61.5 Å². The number of aryl methyl sites for hydroxylation is 1. The lowest BCUT2D eigenvalue weighted by Gasteiger charge is -2.24. The van der Waals surface area contributed by atoms with Gasteiger partial charge in [0, 0.05) is 31.0 Å². The minimum atomic E-state index is -0.654. The number of nitrogens with zero attached hydrogens (tertiary/aromatic N) is 1. The van der Waals surface area contributed by atoms with Crippen molar-refractivity contribution in [2.24, 2.45) is 0 Å². The predicted molar refractivity (Wildman–Crippen MR) is 140 cm³/mol. The minimum absolute atomic E-state index is 0.151. The zero-order chi connectivity index (χ0) is 25.5. The van der Waals surface area contributed by atoms with Gasteiger partial charge < -0.3 is 19.4 Å². The van der Waals surface area contributed by atoms with E-state index in [0.29, 0.717) is 25.0 Å². The first-order valence-electron chi connectivity index (χ1n) is 12.8. The van der Waals surface area contributed by atoms with E-state index in [-0.39, 0.29) is 17.9 Å². The maximum absolute atomic E-state index is 13.7. The number of nitrogens with one attached hydrogen (secondary N) is 1. The van der Waals surface area contributed by atoms with Crippen LogP contribution in [0, 0.1) is 6.92 Å². The van der Waals surface area contributed by atoms with Crippen molar-refractivity contribution in [2.45, 2.75) is 64.5 Å². The maximum Gasteiger partial charge on any atom is 0.254 e. The van der Waals surface area contributed by atoms with E-state index in [2.05, 4.69) is 12.2 Å². The molecule has 6 nitrogen and oxygen atoms in total. The van der Waals surface area contributed by atoms with Gasteiger partial charge in [-0.15, -0.1) is 0 Å². The Morgan fingerprint density at radius 1 is 1.17 bits per heavy atom. The number of hydrogen-bond donors (Lipinski definition) is 1. The molecular formula is C30H34N2O4.